The number of halogens is 4. The van der Waals surface area contributed by atoms with Crippen molar-refractivity contribution in [2.24, 2.45) is 0 Å². The first-order valence-electron chi connectivity index (χ1n) is 6.27. The Bertz CT molecular complexity index is 221. The average molecular weight is 254 g/mol. The first-order valence-corrected chi connectivity index (χ1v) is 6.27. The van der Waals surface area contributed by atoms with Gasteiger partial charge in [0.05, 0.1) is 12.2 Å². The van der Waals surface area contributed by atoms with Crippen LogP contribution >= 0.6 is 0 Å². The van der Waals surface area contributed by atoms with Crippen molar-refractivity contribution < 1.29 is 22.3 Å². The van der Waals surface area contributed by atoms with Gasteiger partial charge >= 0.3 is 0 Å². The molecule has 0 atom stereocenters. The predicted octanol–water partition coefficient (Wildman–Crippen LogP) is 4.16. The van der Waals surface area contributed by atoms with Gasteiger partial charge in [-0.1, -0.05) is 0 Å². The highest BCUT2D eigenvalue weighted by atomic mass is 19.3. The van der Waals surface area contributed by atoms with Crippen molar-refractivity contribution in [1.29, 1.82) is 0 Å². The Morgan fingerprint density at radius 2 is 0.941 bits per heavy atom. The summed E-state index contributed by atoms with van der Waals surface area (Å²) in [4.78, 5) is 0. The first kappa shape index (κ1) is 13.1. The van der Waals surface area contributed by atoms with Gasteiger partial charge in [-0.15, -0.1) is 0 Å². The van der Waals surface area contributed by atoms with Crippen molar-refractivity contribution in [2.75, 3.05) is 0 Å². The van der Waals surface area contributed by atoms with Crippen LogP contribution in [0.15, 0.2) is 0 Å². The fourth-order valence-corrected chi connectivity index (χ4v) is 2.57. The number of ether oxygens (including phenoxy) is 1. The molecule has 0 radical (unpaired) electrons. The molecule has 0 unspecified atom stereocenters. The highest BCUT2D eigenvalue weighted by Crippen LogP contribution is 2.38. The summed E-state index contributed by atoms with van der Waals surface area (Å²) in [6, 6.07) is 0. The van der Waals surface area contributed by atoms with E-state index in [0.29, 0.717) is 25.7 Å². The molecule has 0 bridgehead atoms. The normalized spacial score (nSPS) is 30.4. The van der Waals surface area contributed by atoms with Crippen LogP contribution in [0.1, 0.15) is 51.4 Å². The highest BCUT2D eigenvalue weighted by Gasteiger charge is 2.39. The molecule has 5 heteroatoms. The summed E-state index contributed by atoms with van der Waals surface area (Å²) in [5, 5.41) is 0. The molecule has 0 heterocycles. The van der Waals surface area contributed by atoms with Crippen LogP contribution in [0.4, 0.5) is 17.6 Å². The van der Waals surface area contributed by atoms with E-state index in [2.05, 4.69) is 0 Å². The molecule has 2 rings (SSSR count). The minimum atomic E-state index is -2.56. The third-order valence-electron chi connectivity index (χ3n) is 3.71. The fourth-order valence-electron chi connectivity index (χ4n) is 2.57. The van der Waals surface area contributed by atoms with Crippen LogP contribution in [0.3, 0.4) is 0 Å². The van der Waals surface area contributed by atoms with Crippen LogP contribution < -0.4 is 0 Å². The maximum absolute atomic E-state index is 12.9. The van der Waals surface area contributed by atoms with E-state index in [-0.39, 0.29) is 37.9 Å². The fraction of sp³-hybridized carbons (Fsp3) is 1.00. The Kier molecular flexibility index (Phi) is 3.66. The molecule has 0 aliphatic heterocycles. The second kappa shape index (κ2) is 4.75. The van der Waals surface area contributed by atoms with Gasteiger partial charge in [-0.05, 0) is 25.7 Å². The maximum atomic E-state index is 12.9. The summed E-state index contributed by atoms with van der Waals surface area (Å²) in [5.41, 5.74) is 0. The zero-order valence-electron chi connectivity index (χ0n) is 9.73. The Labute approximate surface area is 98.5 Å². The summed E-state index contributed by atoms with van der Waals surface area (Å²) in [6.45, 7) is 0. The highest BCUT2D eigenvalue weighted by molar-refractivity contribution is 4.82. The molecule has 0 aromatic heterocycles. The molecule has 0 amide bonds. The molecule has 2 aliphatic rings. The number of hydrogen-bond acceptors (Lipinski definition) is 1. The lowest BCUT2D eigenvalue weighted by atomic mass is 9.91. The minimum absolute atomic E-state index is 0.138. The molecule has 0 saturated heterocycles. The van der Waals surface area contributed by atoms with E-state index in [0.717, 1.165) is 0 Å². The molecule has 2 fully saturated rings. The molecule has 1 nitrogen and oxygen atoms in total. The summed E-state index contributed by atoms with van der Waals surface area (Å²) >= 11 is 0. The quantitative estimate of drug-likeness (QED) is 0.672. The van der Waals surface area contributed by atoms with Gasteiger partial charge in [-0.25, -0.2) is 17.6 Å². The van der Waals surface area contributed by atoms with Gasteiger partial charge in [0.2, 0.25) is 11.8 Å². The number of hydrogen-bond donors (Lipinski definition) is 0. The van der Waals surface area contributed by atoms with E-state index in [1.165, 1.54) is 0 Å². The lowest BCUT2D eigenvalue weighted by Crippen LogP contribution is -2.35. The molecular weight excluding hydrogens is 236 g/mol. The summed E-state index contributed by atoms with van der Waals surface area (Å²) in [5.74, 6) is -5.11. The van der Waals surface area contributed by atoms with Gasteiger partial charge in [0.1, 0.15) is 0 Å². The second-order valence-corrected chi connectivity index (χ2v) is 5.25. The van der Waals surface area contributed by atoms with Crippen LogP contribution in [-0.4, -0.2) is 24.1 Å². The van der Waals surface area contributed by atoms with E-state index in [4.69, 9.17) is 4.74 Å². The third-order valence-corrected chi connectivity index (χ3v) is 3.71. The van der Waals surface area contributed by atoms with E-state index in [1.807, 2.05) is 0 Å². The minimum Gasteiger partial charge on any atom is -0.375 e. The lowest BCUT2D eigenvalue weighted by molar-refractivity contribution is -0.127. The van der Waals surface area contributed by atoms with Crippen LogP contribution in [-0.2, 0) is 4.74 Å². The maximum Gasteiger partial charge on any atom is 0.248 e. The van der Waals surface area contributed by atoms with Gasteiger partial charge in [-0.3, -0.25) is 0 Å². The molecule has 2 aliphatic carbocycles. The molecular formula is C12H18F4O. The largest absolute Gasteiger partial charge is 0.375 e. The van der Waals surface area contributed by atoms with Crippen molar-refractivity contribution >= 4 is 0 Å². The SMILES string of the molecule is FC1(F)CCC(OC2CCC(F)(F)CC2)CC1. The molecule has 17 heavy (non-hydrogen) atoms. The third kappa shape index (κ3) is 3.83. The van der Waals surface area contributed by atoms with Crippen molar-refractivity contribution in [3.63, 3.8) is 0 Å². The van der Waals surface area contributed by atoms with E-state index in [9.17, 15) is 17.6 Å². The van der Waals surface area contributed by atoms with Gasteiger partial charge in [0.25, 0.3) is 0 Å². The summed E-state index contributed by atoms with van der Waals surface area (Å²) < 4.78 is 57.3. The van der Waals surface area contributed by atoms with Crippen molar-refractivity contribution in [1.82, 2.24) is 0 Å². The molecule has 0 N–H and O–H groups in total. The molecule has 0 spiro atoms. The summed E-state index contributed by atoms with van der Waals surface area (Å²) in [7, 11) is 0. The van der Waals surface area contributed by atoms with Gasteiger partial charge < -0.3 is 4.74 Å². The van der Waals surface area contributed by atoms with Crippen LogP contribution in [0.5, 0.6) is 0 Å². The zero-order chi connectivity index (χ0) is 12.5. The average Bonchev–Trinajstić information content (AvgIpc) is 2.24. The summed E-state index contributed by atoms with van der Waals surface area (Å²) in [6.07, 6.45) is 0.513. The lowest BCUT2D eigenvalue weighted by Gasteiger charge is -2.34. The van der Waals surface area contributed by atoms with Gasteiger partial charge in [-0.2, -0.15) is 0 Å². The van der Waals surface area contributed by atoms with E-state index in [1.54, 1.807) is 0 Å². The Balaban J connectivity index is 1.72. The van der Waals surface area contributed by atoms with Gasteiger partial charge in [0.15, 0.2) is 0 Å². The van der Waals surface area contributed by atoms with Crippen LogP contribution in [0.25, 0.3) is 0 Å². The van der Waals surface area contributed by atoms with Crippen LogP contribution in [0, 0.1) is 0 Å². The standard InChI is InChI=1S/C12H18F4O/c13-11(14)5-1-9(2-6-11)17-10-3-7-12(15,16)8-4-10/h9-10H,1-8H2. The Hall–Kier alpha value is -0.320. The van der Waals surface area contributed by atoms with Crippen molar-refractivity contribution in [3.05, 3.63) is 0 Å². The molecule has 100 valence electrons. The predicted molar refractivity (Wildman–Crippen MR) is 55.5 cm³/mol. The van der Waals surface area contributed by atoms with E-state index >= 15 is 0 Å². The second-order valence-electron chi connectivity index (χ2n) is 5.25. The molecule has 0 aromatic rings. The Morgan fingerprint density at radius 1 is 0.647 bits per heavy atom. The molecule has 0 aromatic carbocycles. The Morgan fingerprint density at radius 3 is 1.24 bits per heavy atom. The van der Waals surface area contributed by atoms with Crippen LogP contribution in [0.2, 0.25) is 0 Å². The van der Waals surface area contributed by atoms with Gasteiger partial charge in [0, 0.05) is 25.7 Å². The zero-order valence-corrected chi connectivity index (χ0v) is 9.73. The molecule has 2 saturated carbocycles. The van der Waals surface area contributed by atoms with Crippen molar-refractivity contribution in [2.45, 2.75) is 75.4 Å². The van der Waals surface area contributed by atoms with E-state index < -0.39 is 11.8 Å². The first-order chi connectivity index (χ1) is 7.86. The number of rotatable bonds is 2. The number of alkyl halides is 4. The monoisotopic (exact) mass is 254 g/mol. The van der Waals surface area contributed by atoms with Crippen molar-refractivity contribution in [3.8, 4) is 0 Å². The smallest absolute Gasteiger partial charge is 0.248 e. The topological polar surface area (TPSA) is 9.23 Å².